The summed E-state index contributed by atoms with van der Waals surface area (Å²) in [5.74, 6) is 4.47. The van der Waals surface area contributed by atoms with Gasteiger partial charge in [0.1, 0.15) is 0 Å². The second-order valence-corrected chi connectivity index (χ2v) is 3.78. The summed E-state index contributed by atoms with van der Waals surface area (Å²) in [4.78, 5) is 11.2. The minimum absolute atomic E-state index is 0.110. The summed E-state index contributed by atoms with van der Waals surface area (Å²) >= 11 is 16.1. The van der Waals surface area contributed by atoms with Gasteiger partial charge in [-0.3, -0.25) is 4.79 Å². The van der Waals surface area contributed by atoms with Crippen molar-refractivity contribution in [3.05, 3.63) is 28.2 Å². The molecule has 1 amide bonds. The van der Waals surface area contributed by atoms with E-state index in [-0.39, 0.29) is 4.99 Å². The van der Waals surface area contributed by atoms with Gasteiger partial charge in [0.05, 0.1) is 10.0 Å². The highest BCUT2D eigenvalue weighted by Gasteiger charge is 2.08. The molecular formula is C8H7Cl2N3OS. The van der Waals surface area contributed by atoms with Crippen LogP contribution in [0.1, 0.15) is 0 Å². The van der Waals surface area contributed by atoms with Gasteiger partial charge in [-0.05, 0) is 18.2 Å². The van der Waals surface area contributed by atoms with E-state index < -0.39 is 5.91 Å². The van der Waals surface area contributed by atoms with Crippen LogP contribution in [0.4, 0.5) is 5.69 Å². The first-order valence-electron chi connectivity index (χ1n) is 3.81. The number of rotatable bonds is 1. The maximum absolute atomic E-state index is 11.3. The topological polar surface area (TPSA) is 67.1 Å². The van der Waals surface area contributed by atoms with Gasteiger partial charge >= 0.3 is 0 Å². The Morgan fingerprint density at radius 3 is 2.53 bits per heavy atom. The van der Waals surface area contributed by atoms with Gasteiger partial charge in [-0.2, -0.15) is 0 Å². The molecule has 0 heterocycles. The zero-order valence-corrected chi connectivity index (χ0v) is 9.71. The van der Waals surface area contributed by atoms with Crippen LogP contribution in [0.3, 0.4) is 0 Å². The number of benzene rings is 1. The number of hydrazine groups is 1. The highest BCUT2D eigenvalue weighted by Crippen LogP contribution is 2.24. The molecule has 7 heteroatoms. The van der Waals surface area contributed by atoms with Crippen molar-refractivity contribution in [3.8, 4) is 0 Å². The molecule has 0 aliphatic carbocycles. The van der Waals surface area contributed by atoms with Crippen LogP contribution in [0, 0.1) is 0 Å². The molecule has 0 saturated heterocycles. The normalized spacial score (nSPS) is 9.53. The number of amides is 1. The largest absolute Gasteiger partial charge is 0.320 e. The molecule has 0 aliphatic heterocycles. The molecule has 0 aromatic heterocycles. The minimum atomic E-state index is -0.508. The number of hydrogen-bond acceptors (Lipinski definition) is 3. The molecule has 0 bridgehead atoms. The first-order valence-corrected chi connectivity index (χ1v) is 4.98. The van der Waals surface area contributed by atoms with Gasteiger partial charge < -0.3 is 10.7 Å². The van der Waals surface area contributed by atoms with Crippen molar-refractivity contribution < 1.29 is 4.79 Å². The van der Waals surface area contributed by atoms with Crippen LogP contribution in [-0.2, 0) is 4.79 Å². The molecule has 0 spiro atoms. The van der Waals surface area contributed by atoms with Gasteiger partial charge in [-0.1, -0.05) is 35.4 Å². The van der Waals surface area contributed by atoms with Crippen molar-refractivity contribution in [2.75, 3.05) is 5.32 Å². The highest BCUT2D eigenvalue weighted by atomic mass is 35.5. The number of anilines is 1. The van der Waals surface area contributed by atoms with Crippen molar-refractivity contribution in [2.45, 2.75) is 0 Å². The standard InChI is InChI=1S/C8H7Cl2N3OS/c9-5-2-1-4(3-6(5)10)12-7(14)8(15)13-11/h1-3H,11H2,(H,12,14)(H,13,15). The molecule has 80 valence electrons. The summed E-state index contributed by atoms with van der Waals surface area (Å²) in [6.45, 7) is 0. The van der Waals surface area contributed by atoms with E-state index in [1.165, 1.54) is 6.07 Å². The SMILES string of the molecule is NNC(=S)C(=O)Nc1ccc(Cl)c(Cl)c1. The Hall–Kier alpha value is -0.880. The number of hydrogen-bond donors (Lipinski definition) is 3. The lowest BCUT2D eigenvalue weighted by molar-refractivity contribution is -0.110. The van der Waals surface area contributed by atoms with Crippen LogP contribution in [0.5, 0.6) is 0 Å². The lowest BCUT2D eigenvalue weighted by Crippen LogP contribution is -2.38. The van der Waals surface area contributed by atoms with Gasteiger partial charge in [0.2, 0.25) is 0 Å². The number of nitrogens with two attached hydrogens (primary N) is 1. The molecule has 0 fully saturated rings. The summed E-state index contributed by atoms with van der Waals surface area (Å²) in [5, 5.41) is 3.25. The van der Waals surface area contributed by atoms with E-state index in [2.05, 4.69) is 23.0 Å². The fraction of sp³-hybridized carbons (Fsp3) is 0. The Labute approximate surface area is 102 Å². The van der Waals surface area contributed by atoms with Crippen LogP contribution in [0.25, 0.3) is 0 Å². The maximum Gasteiger partial charge on any atom is 0.284 e. The number of carbonyl (C=O) groups excluding carboxylic acids is 1. The van der Waals surface area contributed by atoms with Crippen LogP contribution < -0.4 is 16.6 Å². The molecular weight excluding hydrogens is 257 g/mol. The average molecular weight is 264 g/mol. The zero-order chi connectivity index (χ0) is 11.4. The van der Waals surface area contributed by atoms with Crippen molar-refractivity contribution >= 4 is 52.0 Å². The quantitative estimate of drug-likeness (QED) is 0.410. The van der Waals surface area contributed by atoms with E-state index in [1.807, 2.05) is 0 Å². The van der Waals surface area contributed by atoms with Crippen LogP contribution in [0.15, 0.2) is 18.2 Å². The van der Waals surface area contributed by atoms with Gasteiger partial charge in [0.25, 0.3) is 5.91 Å². The minimum Gasteiger partial charge on any atom is -0.320 e. The molecule has 15 heavy (non-hydrogen) atoms. The monoisotopic (exact) mass is 263 g/mol. The van der Waals surface area contributed by atoms with E-state index in [9.17, 15) is 4.79 Å². The summed E-state index contributed by atoms with van der Waals surface area (Å²) in [7, 11) is 0. The fourth-order valence-electron chi connectivity index (χ4n) is 0.827. The van der Waals surface area contributed by atoms with Crippen molar-refractivity contribution in [3.63, 3.8) is 0 Å². The van der Waals surface area contributed by atoms with E-state index in [0.717, 1.165) is 0 Å². The molecule has 0 aliphatic rings. The van der Waals surface area contributed by atoms with Gasteiger partial charge in [-0.15, -0.1) is 0 Å². The number of halogens is 2. The predicted molar refractivity (Wildman–Crippen MR) is 65.0 cm³/mol. The molecule has 0 atom stereocenters. The third kappa shape index (κ3) is 3.32. The van der Waals surface area contributed by atoms with Crippen LogP contribution in [0.2, 0.25) is 10.0 Å². The van der Waals surface area contributed by atoms with E-state index in [1.54, 1.807) is 12.1 Å². The van der Waals surface area contributed by atoms with Crippen molar-refractivity contribution in [2.24, 2.45) is 5.84 Å². The molecule has 0 radical (unpaired) electrons. The summed E-state index contributed by atoms with van der Waals surface area (Å²) < 4.78 is 0. The van der Waals surface area contributed by atoms with Gasteiger partial charge in [0.15, 0.2) is 4.99 Å². The first kappa shape index (κ1) is 12.2. The summed E-state index contributed by atoms with van der Waals surface area (Å²) in [5.41, 5.74) is 2.56. The van der Waals surface area contributed by atoms with E-state index in [4.69, 9.17) is 29.0 Å². The Kier molecular flexibility index (Phi) is 4.28. The molecule has 0 saturated carbocycles. The van der Waals surface area contributed by atoms with E-state index in [0.29, 0.717) is 15.7 Å². The lowest BCUT2D eigenvalue weighted by atomic mass is 10.3. The van der Waals surface area contributed by atoms with Gasteiger partial charge in [-0.25, -0.2) is 5.84 Å². The second-order valence-electron chi connectivity index (χ2n) is 2.56. The number of carbonyl (C=O) groups is 1. The number of thiocarbonyl (C=S) groups is 1. The van der Waals surface area contributed by atoms with Crippen molar-refractivity contribution in [1.82, 2.24) is 5.43 Å². The molecule has 4 N–H and O–H groups in total. The van der Waals surface area contributed by atoms with E-state index >= 15 is 0 Å². The average Bonchev–Trinajstić information content (AvgIpc) is 2.22. The molecule has 1 aromatic rings. The van der Waals surface area contributed by atoms with Gasteiger partial charge in [0, 0.05) is 5.69 Å². The second kappa shape index (κ2) is 5.27. The zero-order valence-electron chi connectivity index (χ0n) is 7.38. The van der Waals surface area contributed by atoms with Crippen molar-refractivity contribution in [1.29, 1.82) is 0 Å². The number of nitrogens with one attached hydrogen (secondary N) is 2. The smallest absolute Gasteiger partial charge is 0.284 e. The summed E-state index contributed by atoms with van der Waals surface area (Å²) in [6, 6.07) is 4.69. The Bertz CT molecular complexity index is 411. The molecule has 1 rings (SSSR count). The predicted octanol–water partition coefficient (Wildman–Crippen LogP) is 1.72. The third-order valence-corrected chi connectivity index (χ3v) is 2.56. The Balaban J connectivity index is 2.77. The van der Waals surface area contributed by atoms with Crippen LogP contribution >= 0.6 is 35.4 Å². The molecule has 4 nitrogen and oxygen atoms in total. The Morgan fingerprint density at radius 2 is 2.00 bits per heavy atom. The lowest BCUT2D eigenvalue weighted by Gasteiger charge is -2.06. The molecule has 1 aromatic carbocycles. The maximum atomic E-state index is 11.3. The highest BCUT2D eigenvalue weighted by molar-refractivity contribution is 7.82. The summed E-state index contributed by atoms with van der Waals surface area (Å²) in [6.07, 6.45) is 0. The molecule has 0 unspecified atom stereocenters. The Morgan fingerprint density at radius 1 is 1.33 bits per heavy atom. The van der Waals surface area contributed by atoms with Crippen LogP contribution in [-0.4, -0.2) is 10.9 Å². The fourth-order valence-corrected chi connectivity index (χ4v) is 1.18. The first-order chi connectivity index (χ1) is 7.04. The third-order valence-electron chi connectivity index (χ3n) is 1.51.